The summed E-state index contributed by atoms with van der Waals surface area (Å²) < 4.78 is 38.9. The largest absolute Gasteiger partial charge is 0.431 e. The van der Waals surface area contributed by atoms with Gasteiger partial charge in [0.15, 0.2) is 0 Å². The van der Waals surface area contributed by atoms with E-state index in [4.69, 9.17) is 5.73 Å². The Bertz CT molecular complexity index is 706. The molecule has 0 fully saturated rings. The number of pyridine rings is 1. The van der Waals surface area contributed by atoms with Gasteiger partial charge in [-0.1, -0.05) is 30.3 Å². The van der Waals surface area contributed by atoms with E-state index >= 15 is 0 Å². The van der Waals surface area contributed by atoms with Crippen LogP contribution in [0.4, 0.5) is 13.2 Å². The van der Waals surface area contributed by atoms with Crippen molar-refractivity contribution in [3.63, 3.8) is 0 Å². The molecule has 1 aromatic heterocycles. The molecule has 0 aliphatic carbocycles. The molecule has 0 radical (unpaired) electrons. The molecule has 1 heterocycles. The van der Waals surface area contributed by atoms with Gasteiger partial charge in [-0.25, -0.2) is 0 Å². The smallest absolute Gasteiger partial charge is 0.365 e. The number of alkyl halides is 3. The second-order valence-corrected chi connectivity index (χ2v) is 4.03. The predicted octanol–water partition coefficient (Wildman–Crippen LogP) is 2.16. The summed E-state index contributed by atoms with van der Waals surface area (Å²) >= 11 is 0. The van der Waals surface area contributed by atoms with Gasteiger partial charge < -0.3 is 10.7 Å². The number of aromatic nitrogens is 1. The fourth-order valence-corrected chi connectivity index (χ4v) is 1.78. The second-order valence-electron chi connectivity index (χ2n) is 4.03. The lowest BCUT2D eigenvalue weighted by molar-refractivity contribution is -0.140. The van der Waals surface area contributed by atoms with Crippen LogP contribution in [0, 0.1) is 0 Å². The van der Waals surface area contributed by atoms with Crippen molar-refractivity contribution in [3.8, 4) is 11.1 Å². The topological polar surface area (TPSA) is 76.0 Å². The van der Waals surface area contributed by atoms with E-state index in [1.165, 1.54) is 12.1 Å². The average molecular weight is 282 g/mol. The summed E-state index contributed by atoms with van der Waals surface area (Å²) in [6.07, 6.45) is -4.75. The fourth-order valence-electron chi connectivity index (χ4n) is 1.78. The summed E-state index contributed by atoms with van der Waals surface area (Å²) in [5.74, 6) is -1.09. The summed E-state index contributed by atoms with van der Waals surface area (Å²) in [5, 5.41) is 0. The molecule has 20 heavy (non-hydrogen) atoms. The highest BCUT2D eigenvalue weighted by molar-refractivity contribution is 5.93. The molecule has 2 aromatic rings. The van der Waals surface area contributed by atoms with Gasteiger partial charge in [0.05, 0.1) is 0 Å². The van der Waals surface area contributed by atoms with Gasteiger partial charge in [0.25, 0.3) is 11.5 Å². The SMILES string of the molecule is NC(=O)c1cc(-c2ccccc2)c(C(F)(F)F)[nH]c1=O. The van der Waals surface area contributed by atoms with Crippen molar-refractivity contribution in [1.82, 2.24) is 4.98 Å². The standard InChI is InChI=1S/C13H9F3N2O2/c14-13(15,16)10-8(7-4-2-1-3-5-7)6-9(11(17)19)12(20)18-10/h1-6H,(H2,17,19)(H,18,20). The Morgan fingerprint density at radius 2 is 1.75 bits per heavy atom. The molecular weight excluding hydrogens is 273 g/mol. The van der Waals surface area contributed by atoms with Gasteiger partial charge in [0.1, 0.15) is 11.3 Å². The summed E-state index contributed by atoms with van der Waals surface area (Å²) in [4.78, 5) is 24.2. The molecule has 0 aliphatic heterocycles. The summed E-state index contributed by atoms with van der Waals surface area (Å²) in [5.41, 5.74) is 2.01. The number of benzene rings is 1. The van der Waals surface area contributed by atoms with Crippen molar-refractivity contribution in [2.24, 2.45) is 5.73 Å². The number of H-pyrrole nitrogens is 1. The fraction of sp³-hybridized carbons (Fsp3) is 0.0769. The van der Waals surface area contributed by atoms with Gasteiger partial charge in [0.2, 0.25) is 0 Å². The Kier molecular flexibility index (Phi) is 3.35. The first kappa shape index (κ1) is 13.9. The normalized spacial score (nSPS) is 11.3. The van der Waals surface area contributed by atoms with Gasteiger partial charge in [-0.3, -0.25) is 9.59 Å². The molecule has 3 N–H and O–H groups in total. The molecule has 4 nitrogen and oxygen atoms in total. The Hall–Kier alpha value is -2.57. The van der Waals surface area contributed by atoms with Crippen LogP contribution in [-0.4, -0.2) is 10.9 Å². The van der Waals surface area contributed by atoms with Crippen LogP contribution < -0.4 is 11.3 Å². The van der Waals surface area contributed by atoms with E-state index in [9.17, 15) is 22.8 Å². The van der Waals surface area contributed by atoms with Crippen molar-refractivity contribution in [2.45, 2.75) is 6.18 Å². The maximum Gasteiger partial charge on any atom is 0.431 e. The molecule has 0 aliphatic rings. The molecule has 0 spiro atoms. The van der Waals surface area contributed by atoms with Crippen LogP contribution in [0.15, 0.2) is 41.2 Å². The van der Waals surface area contributed by atoms with Crippen LogP contribution >= 0.6 is 0 Å². The van der Waals surface area contributed by atoms with Crippen LogP contribution in [0.25, 0.3) is 11.1 Å². The molecular formula is C13H9F3N2O2. The first-order valence-corrected chi connectivity index (χ1v) is 5.50. The molecule has 0 unspecified atom stereocenters. The maximum absolute atomic E-state index is 13.0. The van der Waals surface area contributed by atoms with Gasteiger partial charge in [0, 0.05) is 5.56 Å². The molecule has 0 bridgehead atoms. The Morgan fingerprint density at radius 3 is 2.25 bits per heavy atom. The third-order valence-electron chi connectivity index (χ3n) is 2.67. The number of rotatable bonds is 2. The Balaban J connectivity index is 2.79. The zero-order valence-corrected chi connectivity index (χ0v) is 9.99. The first-order chi connectivity index (χ1) is 9.30. The highest BCUT2D eigenvalue weighted by Gasteiger charge is 2.36. The van der Waals surface area contributed by atoms with E-state index in [-0.39, 0.29) is 11.1 Å². The third-order valence-corrected chi connectivity index (χ3v) is 2.67. The van der Waals surface area contributed by atoms with Gasteiger partial charge in [-0.05, 0) is 11.6 Å². The molecule has 7 heteroatoms. The molecule has 0 saturated carbocycles. The zero-order valence-electron chi connectivity index (χ0n) is 9.99. The summed E-state index contributed by atoms with van der Waals surface area (Å²) in [6, 6.07) is 8.47. The maximum atomic E-state index is 13.0. The first-order valence-electron chi connectivity index (χ1n) is 5.50. The van der Waals surface area contributed by atoms with Crippen LogP contribution in [0.1, 0.15) is 16.1 Å². The summed E-state index contributed by atoms with van der Waals surface area (Å²) in [6.45, 7) is 0. The quantitative estimate of drug-likeness (QED) is 0.885. The number of aromatic amines is 1. The molecule has 0 atom stereocenters. The molecule has 1 aromatic carbocycles. The van der Waals surface area contributed by atoms with Crippen LogP contribution in [0.5, 0.6) is 0 Å². The molecule has 1 amide bonds. The number of hydrogen-bond acceptors (Lipinski definition) is 2. The van der Waals surface area contributed by atoms with E-state index in [0.717, 1.165) is 6.07 Å². The minimum Gasteiger partial charge on any atom is -0.365 e. The van der Waals surface area contributed by atoms with Gasteiger partial charge >= 0.3 is 6.18 Å². The number of carbonyl (C=O) groups is 1. The number of hydrogen-bond donors (Lipinski definition) is 2. The zero-order chi connectivity index (χ0) is 14.9. The minimum absolute atomic E-state index is 0.221. The summed E-state index contributed by atoms with van der Waals surface area (Å²) in [7, 11) is 0. The predicted molar refractivity (Wildman–Crippen MR) is 66.0 cm³/mol. The van der Waals surface area contributed by atoms with Crippen molar-refractivity contribution in [2.75, 3.05) is 0 Å². The number of amides is 1. The number of carbonyl (C=O) groups excluding carboxylic acids is 1. The van der Waals surface area contributed by atoms with E-state index in [1.807, 2.05) is 0 Å². The lowest BCUT2D eigenvalue weighted by Crippen LogP contribution is -2.27. The van der Waals surface area contributed by atoms with E-state index < -0.39 is 28.9 Å². The highest BCUT2D eigenvalue weighted by atomic mass is 19.4. The Morgan fingerprint density at radius 1 is 1.15 bits per heavy atom. The van der Waals surface area contributed by atoms with E-state index in [1.54, 1.807) is 23.2 Å². The van der Waals surface area contributed by atoms with Crippen molar-refractivity contribution in [3.05, 3.63) is 58.0 Å². The van der Waals surface area contributed by atoms with Crippen molar-refractivity contribution < 1.29 is 18.0 Å². The van der Waals surface area contributed by atoms with Crippen molar-refractivity contribution >= 4 is 5.91 Å². The molecule has 2 rings (SSSR count). The van der Waals surface area contributed by atoms with E-state index in [2.05, 4.69) is 0 Å². The molecule has 104 valence electrons. The third kappa shape index (κ3) is 2.56. The highest BCUT2D eigenvalue weighted by Crippen LogP contribution is 2.35. The number of halogens is 3. The van der Waals surface area contributed by atoms with Gasteiger partial charge in [-0.2, -0.15) is 13.2 Å². The minimum atomic E-state index is -4.75. The Labute approximate surface area is 111 Å². The van der Waals surface area contributed by atoms with Crippen LogP contribution in [0.3, 0.4) is 0 Å². The van der Waals surface area contributed by atoms with Crippen molar-refractivity contribution in [1.29, 1.82) is 0 Å². The number of primary amides is 1. The average Bonchev–Trinajstić information content (AvgIpc) is 2.38. The van der Waals surface area contributed by atoms with Crippen LogP contribution in [0.2, 0.25) is 0 Å². The second kappa shape index (κ2) is 4.84. The van der Waals surface area contributed by atoms with Gasteiger partial charge in [-0.15, -0.1) is 0 Å². The van der Waals surface area contributed by atoms with Crippen LogP contribution in [-0.2, 0) is 6.18 Å². The van der Waals surface area contributed by atoms with E-state index in [0.29, 0.717) is 0 Å². The monoisotopic (exact) mass is 282 g/mol. The lowest BCUT2D eigenvalue weighted by Gasteiger charge is -2.13. The lowest BCUT2D eigenvalue weighted by atomic mass is 10.0. The number of nitrogens with two attached hydrogens (primary N) is 1. The number of nitrogens with one attached hydrogen (secondary N) is 1. The molecule has 0 saturated heterocycles.